The summed E-state index contributed by atoms with van der Waals surface area (Å²) in [7, 11) is 0. The summed E-state index contributed by atoms with van der Waals surface area (Å²) in [6.07, 6.45) is 14.3. The van der Waals surface area contributed by atoms with Gasteiger partial charge in [0.25, 0.3) is 0 Å². The molecule has 3 aliphatic rings. The maximum absolute atomic E-state index is 6.82. The van der Waals surface area contributed by atoms with Crippen LogP contribution in [-0.2, 0) is 9.47 Å². The van der Waals surface area contributed by atoms with E-state index in [1.807, 2.05) is 0 Å². The molecule has 2 unspecified atom stereocenters. The second kappa shape index (κ2) is 10.1. The SMILES string of the molecule is CCCC1CCC(C2CCC3(CC2)OC(c2ccccc2)CC(c2ccccc2)O3)CC1. The van der Waals surface area contributed by atoms with Gasteiger partial charge in [-0.1, -0.05) is 93.3 Å². The van der Waals surface area contributed by atoms with Crippen LogP contribution in [-0.4, -0.2) is 5.79 Å². The van der Waals surface area contributed by atoms with Crippen LogP contribution in [0.2, 0.25) is 0 Å². The van der Waals surface area contributed by atoms with Gasteiger partial charge in [-0.15, -0.1) is 0 Å². The summed E-state index contributed by atoms with van der Waals surface area (Å²) >= 11 is 0. The van der Waals surface area contributed by atoms with Crippen molar-refractivity contribution in [3.63, 3.8) is 0 Å². The van der Waals surface area contributed by atoms with Crippen LogP contribution in [0, 0.1) is 17.8 Å². The third-order valence-electron chi connectivity index (χ3n) is 8.53. The van der Waals surface area contributed by atoms with Gasteiger partial charge in [0, 0.05) is 19.3 Å². The Balaban J connectivity index is 1.28. The van der Waals surface area contributed by atoms with E-state index in [2.05, 4.69) is 67.6 Å². The monoisotopic (exact) mass is 432 g/mol. The smallest absolute Gasteiger partial charge is 0.169 e. The zero-order chi connectivity index (χ0) is 21.8. The van der Waals surface area contributed by atoms with Crippen LogP contribution < -0.4 is 0 Å². The molecule has 0 N–H and O–H groups in total. The summed E-state index contributed by atoms with van der Waals surface area (Å²) in [5, 5.41) is 0. The van der Waals surface area contributed by atoms with Crippen molar-refractivity contribution in [1.82, 2.24) is 0 Å². The van der Waals surface area contributed by atoms with E-state index >= 15 is 0 Å². The number of benzene rings is 2. The van der Waals surface area contributed by atoms with Crippen LogP contribution in [0.3, 0.4) is 0 Å². The molecule has 1 spiro atoms. The van der Waals surface area contributed by atoms with Gasteiger partial charge in [-0.3, -0.25) is 0 Å². The first-order valence-electron chi connectivity index (χ1n) is 13.2. The van der Waals surface area contributed by atoms with Gasteiger partial charge in [0.15, 0.2) is 5.79 Å². The quantitative estimate of drug-likeness (QED) is 0.472. The predicted octanol–water partition coefficient (Wildman–Crippen LogP) is 8.40. The molecule has 2 heteroatoms. The molecule has 0 bridgehead atoms. The summed E-state index contributed by atoms with van der Waals surface area (Å²) in [6, 6.07) is 21.6. The topological polar surface area (TPSA) is 18.5 Å². The van der Waals surface area contributed by atoms with Crippen molar-refractivity contribution in [3.05, 3.63) is 71.8 Å². The lowest BCUT2D eigenvalue weighted by molar-refractivity contribution is -0.337. The number of hydrogen-bond donors (Lipinski definition) is 0. The second-order valence-electron chi connectivity index (χ2n) is 10.6. The van der Waals surface area contributed by atoms with Gasteiger partial charge in [0.2, 0.25) is 0 Å². The average molecular weight is 433 g/mol. The second-order valence-corrected chi connectivity index (χ2v) is 10.6. The molecular weight excluding hydrogens is 392 g/mol. The summed E-state index contributed by atoms with van der Waals surface area (Å²) in [6.45, 7) is 2.34. The fourth-order valence-electron chi connectivity index (χ4n) is 6.72. The van der Waals surface area contributed by atoms with E-state index in [1.165, 1.54) is 62.5 Å². The molecule has 2 aliphatic carbocycles. The predicted molar refractivity (Wildman–Crippen MR) is 130 cm³/mol. The zero-order valence-corrected chi connectivity index (χ0v) is 19.8. The molecule has 2 aromatic carbocycles. The minimum Gasteiger partial charge on any atom is -0.342 e. The minimum absolute atomic E-state index is 0.108. The molecule has 0 aromatic heterocycles. The van der Waals surface area contributed by atoms with Gasteiger partial charge in [0.1, 0.15) is 0 Å². The van der Waals surface area contributed by atoms with Crippen molar-refractivity contribution < 1.29 is 9.47 Å². The Morgan fingerprint density at radius 2 is 1.19 bits per heavy atom. The zero-order valence-electron chi connectivity index (χ0n) is 19.8. The average Bonchev–Trinajstić information content (AvgIpc) is 2.86. The summed E-state index contributed by atoms with van der Waals surface area (Å²) in [5.74, 6) is 2.37. The molecule has 5 rings (SSSR count). The highest BCUT2D eigenvalue weighted by Crippen LogP contribution is 2.51. The van der Waals surface area contributed by atoms with Crippen molar-refractivity contribution in [2.45, 2.75) is 95.5 Å². The Labute approximate surface area is 194 Å². The molecule has 172 valence electrons. The molecule has 2 atom stereocenters. The maximum Gasteiger partial charge on any atom is 0.169 e. The van der Waals surface area contributed by atoms with Crippen LogP contribution in [0.1, 0.15) is 101 Å². The molecule has 0 amide bonds. The van der Waals surface area contributed by atoms with E-state index in [4.69, 9.17) is 9.47 Å². The Hall–Kier alpha value is -1.64. The fourth-order valence-corrected chi connectivity index (χ4v) is 6.72. The molecule has 2 saturated carbocycles. The van der Waals surface area contributed by atoms with Gasteiger partial charge in [-0.05, 0) is 54.6 Å². The minimum atomic E-state index is -0.421. The van der Waals surface area contributed by atoms with Crippen LogP contribution in [0.15, 0.2) is 60.7 Å². The molecule has 32 heavy (non-hydrogen) atoms. The third kappa shape index (κ3) is 4.97. The first-order chi connectivity index (χ1) is 15.7. The van der Waals surface area contributed by atoms with Gasteiger partial charge in [0.05, 0.1) is 12.2 Å². The molecule has 2 nitrogen and oxygen atoms in total. The lowest BCUT2D eigenvalue weighted by Gasteiger charge is -2.49. The van der Waals surface area contributed by atoms with Crippen molar-refractivity contribution >= 4 is 0 Å². The fraction of sp³-hybridized carbons (Fsp3) is 0.600. The van der Waals surface area contributed by atoms with E-state index in [0.29, 0.717) is 0 Å². The lowest BCUT2D eigenvalue weighted by atomic mass is 9.69. The van der Waals surface area contributed by atoms with Gasteiger partial charge >= 0.3 is 0 Å². The summed E-state index contributed by atoms with van der Waals surface area (Å²) in [4.78, 5) is 0. The Morgan fingerprint density at radius 3 is 1.69 bits per heavy atom. The maximum atomic E-state index is 6.82. The van der Waals surface area contributed by atoms with Crippen LogP contribution >= 0.6 is 0 Å². The van der Waals surface area contributed by atoms with E-state index in [-0.39, 0.29) is 12.2 Å². The number of rotatable bonds is 5. The van der Waals surface area contributed by atoms with E-state index in [0.717, 1.165) is 37.0 Å². The van der Waals surface area contributed by atoms with Gasteiger partial charge in [-0.25, -0.2) is 0 Å². The van der Waals surface area contributed by atoms with Crippen LogP contribution in [0.4, 0.5) is 0 Å². The largest absolute Gasteiger partial charge is 0.342 e. The van der Waals surface area contributed by atoms with Crippen molar-refractivity contribution in [2.75, 3.05) is 0 Å². The van der Waals surface area contributed by atoms with E-state index in [9.17, 15) is 0 Å². The van der Waals surface area contributed by atoms with Crippen molar-refractivity contribution in [3.8, 4) is 0 Å². The normalized spacial score (nSPS) is 35.6. The first-order valence-corrected chi connectivity index (χ1v) is 13.2. The Morgan fingerprint density at radius 1 is 0.688 bits per heavy atom. The van der Waals surface area contributed by atoms with Crippen LogP contribution in [0.5, 0.6) is 0 Å². The summed E-state index contributed by atoms with van der Waals surface area (Å²) in [5.41, 5.74) is 2.57. The number of ether oxygens (including phenoxy) is 2. The standard InChI is InChI=1S/C30H40O2/c1-2-9-23-14-16-24(17-15-23)25-18-20-30(21-19-25)31-28(26-10-5-3-6-11-26)22-29(32-30)27-12-7-4-8-13-27/h3-8,10-13,23-25,28-29H,2,9,14-22H2,1H3. The Kier molecular flexibility index (Phi) is 6.99. The Bertz CT molecular complexity index is 767. The van der Waals surface area contributed by atoms with E-state index in [1.54, 1.807) is 0 Å². The number of hydrogen-bond acceptors (Lipinski definition) is 2. The highest BCUT2D eigenvalue weighted by Gasteiger charge is 2.46. The highest BCUT2D eigenvalue weighted by molar-refractivity contribution is 5.22. The van der Waals surface area contributed by atoms with Gasteiger partial charge < -0.3 is 9.47 Å². The van der Waals surface area contributed by atoms with Crippen molar-refractivity contribution in [1.29, 1.82) is 0 Å². The van der Waals surface area contributed by atoms with Crippen LogP contribution in [0.25, 0.3) is 0 Å². The molecule has 1 saturated heterocycles. The molecular formula is C30H40O2. The molecule has 2 aromatic rings. The molecule has 0 radical (unpaired) electrons. The lowest BCUT2D eigenvalue weighted by Crippen LogP contribution is -2.46. The molecule has 1 heterocycles. The molecule has 1 aliphatic heterocycles. The van der Waals surface area contributed by atoms with Crippen molar-refractivity contribution in [2.24, 2.45) is 17.8 Å². The molecule has 3 fully saturated rings. The first kappa shape index (κ1) is 22.2. The summed E-state index contributed by atoms with van der Waals surface area (Å²) < 4.78 is 13.6. The third-order valence-corrected chi connectivity index (χ3v) is 8.53. The highest BCUT2D eigenvalue weighted by atomic mass is 16.7. The van der Waals surface area contributed by atoms with Gasteiger partial charge in [-0.2, -0.15) is 0 Å². The van der Waals surface area contributed by atoms with E-state index < -0.39 is 5.79 Å².